The second-order valence-electron chi connectivity index (χ2n) is 5.78. The molecule has 0 radical (unpaired) electrons. The van der Waals surface area contributed by atoms with E-state index in [1.54, 1.807) is 29.6 Å². The largest absolute Gasteiger partial charge is 0.298 e. The summed E-state index contributed by atoms with van der Waals surface area (Å²) in [6.45, 7) is 0. The van der Waals surface area contributed by atoms with Crippen LogP contribution in [0, 0.1) is 5.82 Å². The minimum atomic E-state index is -0.322. The van der Waals surface area contributed by atoms with E-state index in [0.717, 1.165) is 16.5 Å². The molecule has 0 saturated carbocycles. The average Bonchev–Trinajstić information content (AvgIpc) is 3.39. The summed E-state index contributed by atoms with van der Waals surface area (Å²) in [5.74, 6) is 0.160. The van der Waals surface area contributed by atoms with E-state index in [1.165, 1.54) is 41.6 Å². The number of aromatic amines is 1. The predicted octanol–water partition coefficient (Wildman–Crippen LogP) is 4.61. The number of aromatic nitrogens is 4. The molecule has 28 heavy (non-hydrogen) atoms. The predicted molar refractivity (Wildman–Crippen MR) is 108 cm³/mol. The van der Waals surface area contributed by atoms with Gasteiger partial charge in [-0.3, -0.25) is 15.2 Å². The van der Waals surface area contributed by atoms with E-state index in [4.69, 9.17) is 0 Å². The monoisotopic (exact) mass is 411 g/mol. The van der Waals surface area contributed by atoms with Gasteiger partial charge in [0.2, 0.25) is 0 Å². The van der Waals surface area contributed by atoms with E-state index in [0.29, 0.717) is 22.0 Å². The molecule has 0 unspecified atom stereocenters. The number of carbonyl (C=O) groups is 1. The molecule has 0 saturated heterocycles. The minimum Gasteiger partial charge on any atom is -0.298 e. The Bertz CT molecular complexity index is 1080. The third kappa shape index (κ3) is 4.44. The summed E-state index contributed by atoms with van der Waals surface area (Å²) in [6, 6.07) is 13.5. The van der Waals surface area contributed by atoms with Crippen LogP contribution in [-0.4, -0.2) is 26.1 Å². The molecule has 2 aromatic carbocycles. The smallest absolute Gasteiger partial charge is 0.257 e. The van der Waals surface area contributed by atoms with Crippen molar-refractivity contribution in [1.82, 2.24) is 20.2 Å². The maximum absolute atomic E-state index is 13.4. The Labute approximate surface area is 168 Å². The number of carbonyl (C=O) groups excluding carboxylic acids is 1. The van der Waals surface area contributed by atoms with Gasteiger partial charge in [-0.25, -0.2) is 14.4 Å². The first-order valence-corrected chi connectivity index (χ1v) is 10.1. The summed E-state index contributed by atoms with van der Waals surface area (Å²) in [7, 11) is 0. The molecule has 2 aromatic heterocycles. The van der Waals surface area contributed by atoms with Crippen molar-refractivity contribution < 1.29 is 9.18 Å². The van der Waals surface area contributed by atoms with Crippen molar-refractivity contribution in [2.75, 3.05) is 5.32 Å². The van der Waals surface area contributed by atoms with Crippen molar-refractivity contribution in [3.8, 4) is 11.3 Å². The SMILES string of the molecule is O=C(Nc1nc(-c2cccc(F)c2)cs1)c1ccc(CSc2ncn[nH]2)cc1. The van der Waals surface area contributed by atoms with Gasteiger partial charge in [0.05, 0.1) is 5.69 Å². The van der Waals surface area contributed by atoms with Gasteiger partial charge >= 0.3 is 0 Å². The van der Waals surface area contributed by atoms with E-state index < -0.39 is 0 Å². The molecular weight excluding hydrogens is 397 g/mol. The number of thioether (sulfide) groups is 1. The molecule has 0 spiro atoms. The first kappa shape index (κ1) is 18.3. The van der Waals surface area contributed by atoms with Gasteiger partial charge in [0.1, 0.15) is 12.1 Å². The normalized spacial score (nSPS) is 10.8. The van der Waals surface area contributed by atoms with Gasteiger partial charge in [0.15, 0.2) is 10.3 Å². The molecule has 0 fully saturated rings. The molecule has 0 atom stereocenters. The Morgan fingerprint density at radius 3 is 2.82 bits per heavy atom. The highest BCUT2D eigenvalue weighted by atomic mass is 32.2. The Morgan fingerprint density at radius 2 is 2.07 bits per heavy atom. The van der Waals surface area contributed by atoms with Crippen LogP contribution in [-0.2, 0) is 5.75 Å². The van der Waals surface area contributed by atoms with Crippen LogP contribution in [0.2, 0.25) is 0 Å². The quantitative estimate of drug-likeness (QED) is 0.453. The highest BCUT2D eigenvalue weighted by molar-refractivity contribution is 7.98. The van der Waals surface area contributed by atoms with Crippen LogP contribution in [0.25, 0.3) is 11.3 Å². The molecule has 4 aromatic rings. The summed E-state index contributed by atoms with van der Waals surface area (Å²) in [6.07, 6.45) is 1.47. The lowest BCUT2D eigenvalue weighted by Gasteiger charge is -2.04. The Morgan fingerprint density at radius 1 is 1.21 bits per heavy atom. The molecule has 2 heterocycles. The Hall–Kier alpha value is -3.04. The van der Waals surface area contributed by atoms with Gasteiger partial charge < -0.3 is 0 Å². The maximum Gasteiger partial charge on any atom is 0.257 e. The van der Waals surface area contributed by atoms with Gasteiger partial charge in [-0.2, -0.15) is 5.10 Å². The fourth-order valence-corrected chi connectivity index (χ4v) is 3.90. The van der Waals surface area contributed by atoms with E-state index in [9.17, 15) is 9.18 Å². The van der Waals surface area contributed by atoms with E-state index >= 15 is 0 Å². The number of hydrogen-bond acceptors (Lipinski definition) is 6. The van der Waals surface area contributed by atoms with Crippen LogP contribution < -0.4 is 5.32 Å². The Balaban J connectivity index is 1.38. The van der Waals surface area contributed by atoms with Gasteiger partial charge in [-0.05, 0) is 29.8 Å². The van der Waals surface area contributed by atoms with Gasteiger partial charge in [-0.1, -0.05) is 36.0 Å². The number of nitrogens with one attached hydrogen (secondary N) is 2. The molecule has 0 aliphatic rings. The number of hydrogen-bond donors (Lipinski definition) is 2. The third-order valence-electron chi connectivity index (χ3n) is 3.83. The summed E-state index contributed by atoms with van der Waals surface area (Å²) < 4.78 is 13.4. The third-order valence-corrected chi connectivity index (χ3v) is 5.54. The molecule has 0 aliphatic carbocycles. The number of amides is 1. The highest BCUT2D eigenvalue weighted by Gasteiger charge is 2.11. The first-order valence-electron chi connectivity index (χ1n) is 8.27. The average molecular weight is 411 g/mol. The van der Waals surface area contributed by atoms with Crippen LogP contribution >= 0.6 is 23.1 Å². The van der Waals surface area contributed by atoms with E-state index in [2.05, 4.69) is 25.5 Å². The lowest BCUT2D eigenvalue weighted by molar-refractivity contribution is 0.102. The number of H-pyrrole nitrogens is 1. The number of anilines is 1. The van der Waals surface area contributed by atoms with Crippen LogP contribution in [0.3, 0.4) is 0 Å². The summed E-state index contributed by atoms with van der Waals surface area (Å²) in [4.78, 5) is 20.9. The van der Waals surface area contributed by atoms with Crippen LogP contribution in [0.4, 0.5) is 9.52 Å². The van der Waals surface area contributed by atoms with Gasteiger partial charge in [-0.15, -0.1) is 11.3 Å². The van der Waals surface area contributed by atoms with Crippen molar-refractivity contribution in [2.45, 2.75) is 10.9 Å². The fraction of sp³-hybridized carbons (Fsp3) is 0.0526. The zero-order chi connectivity index (χ0) is 19.3. The van der Waals surface area contributed by atoms with Gasteiger partial charge in [0, 0.05) is 22.3 Å². The van der Waals surface area contributed by atoms with Gasteiger partial charge in [0.25, 0.3) is 5.91 Å². The maximum atomic E-state index is 13.4. The summed E-state index contributed by atoms with van der Waals surface area (Å²) >= 11 is 2.83. The molecule has 6 nitrogen and oxygen atoms in total. The molecule has 1 amide bonds. The standard InChI is InChI=1S/C19H14FN5OS2/c20-15-3-1-2-14(8-15)16-10-28-19(23-16)24-17(26)13-6-4-12(5-7-13)9-27-18-21-11-22-25-18/h1-8,10-11H,9H2,(H,21,22,25)(H,23,24,26). The van der Waals surface area contributed by atoms with Crippen LogP contribution in [0.15, 0.2) is 65.4 Å². The second-order valence-corrected chi connectivity index (χ2v) is 7.60. The molecule has 0 aliphatic heterocycles. The van der Waals surface area contributed by atoms with Crippen molar-refractivity contribution >= 4 is 34.1 Å². The summed E-state index contributed by atoms with van der Waals surface area (Å²) in [5.41, 5.74) is 2.90. The summed E-state index contributed by atoms with van der Waals surface area (Å²) in [5, 5.41) is 12.4. The fourth-order valence-electron chi connectivity index (χ4n) is 2.45. The molecule has 2 N–H and O–H groups in total. The number of benzene rings is 2. The zero-order valence-electron chi connectivity index (χ0n) is 14.4. The molecular formula is C19H14FN5OS2. The number of halogens is 1. The lowest BCUT2D eigenvalue weighted by atomic mass is 10.1. The minimum absolute atomic E-state index is 0.241. The lowest BCUT2D eigenvalue weighted by Crippen LogP contribution is -2.11. The van der Waals surface area contributed by atoms with Crippen LogP contribution in [0.5, 0.6) is 0 Å². The van der Waals surface area contributed by atoms with Crippen LogP contribution in [0.1, 0.15) is 15.9 Å². The number of nitrogens with zero attached hydrogens (tertiary/aromatic N) is 3. The van der Waals surface area contributed by atoms with Crippen molar-refractivity contribution in [1.29, 1.82) is 0 Å². The van der Waals surface area contributed by atoms with E-state index in [-0.39, 0.29) is 11.7 Å². The zero-order valence-corrected chi connectivity index (χ0v) is 16.1. The number of thiazole rings is 1. The van der Waals surface area contributed by atoms with Crippen molar-refractivity contribution in [3.05, 3.63) is 77.2 Å². The van der Waals surface area contributed by atoms with Crippen molar-refractivity contribution in [3.63, 3.8) is 0 Å². The topological polar surface area (TPSA) is 83.6 Å². The molecule has 4 rings (SSSR count). The van der Waals surface area contributed by atoms with E-state index in [1.807, 2.05) is 12.1 Å². The van der Waals surface area contributed by atoms with Crippen molar-refractivity contribution in [2.24, 2.45) is 0 Å². The molecule has 9 heteroatoms. The molecule has 140 valence electrons. The number of rotatable bonds is 6. The Kier molecular flexibility index (Phi) is 5.45. The second kappa shape index (κ2) is 8.32. The molecule has 0 bridgehead atoms. The first-order chi connectivity index (χ1) is 13.7. The highest BCUT2D eigenvalue weighted by Crippen LogP contribution is 2.26.